The third kappa shape index (κ3) is 3.63. The molecule has 15 heavy (non-hydrogen) atoms. The molecule has 1 N–H and O–H groups in total. The van der Waals surface area contributed by atoms with Crippen LogP contribution in [0.25, 0.3) is 0 Å². The first-order valence-electron chi connectivity index (χ1n) is 4.58. The SMILES string of the molecule is CC(F)(CCc1cccc(Br)c1)C(=O)O. The molecule has 1 rings (SSSR count). The minimum atomic E-state index is -2.15. The normalized spacial score (nSPS) is 14.6. The topological polar surface area (TPSA) is 37.3 Å². The van der Waals surface area contributed by atoms with E-state index < -0.39 is 11.6 Å². The monoisotopic (exact) mass is 274 g/mol. The van der Waals surface area contributed by atoms with Crippen LogP contribution in [0, 0.1) is 0 Å². The summed E-state index contributed by atoms with van der Waals surface area (Å²) in [5.41, 5.74) is -1.23. The summed E-state index contributed by atoms with van der Waals surface area (Å²) in [7, 11) is 0. The van der Waals surface area contributed by atoms with E-state index in [1.807, 2.05) is 24.3 Å². The van der Waals surface area contributed by atoms with E-state index in [4.69, 9.17) is 5.11 Å². The van der Waals surface area contributed by atoms with Crippen LogP contribution in [-0.2, 0) is 11.2 Å². The highest BCUT2D eigenvalue weighted by atomic mass is 79.9. The number of aliphatic carboxylic acids is 1. The molecule has 1 unspecified atom stereocenters. The van der Waals surface area contributed by atoms with Gasteiger partial charge >= 0.3 is 5.97 Å². The second-order valence-electron chi connectivity index (χ2n) is 3.63. The fourth-order valence-corrected chi connectivity index (χ4v) is 1.63. The summed E-state index contributed by atoms with van der Waals surface area (Å²) >= 11 is 3.30. The molecule has 0 radical (unpaired) electrons. The molecule has 0 fully saturated rings. The maximum Gasteiger partial charge on any atom is 0.341 e. The number of carboxylic acids is 1. The average molecular weight is 275 g/mol. The molecular formula is C11H12BrFO2. The largest absolute Gasteiger partial charge is 0.479 e. The molecule has 0 aliphatic rings. The lowest BCUT2D eigenvalue weighted by Crippen LogP contribution is -2.30. The summed E-state index contributed by atoms with van der Waals surface area (Å²) in [6, 6.07) is 7.42. The van der Waals surface area contributed by atoms with Crippen LogP contribution in [-0.4, -0.2) is 16.7 Å². The molecule has 0 bridgehead atoms. The summed E-state index contributed by atoms with van der Waals surface area (Å²) in [6.07, 6.45) is 0.400. The lowest BCUT2D eigenvalue weighted by Gasteiger charge is -2.14. The van der Waals surface area contributed by atoms with Gasteiger partial charge in [-0.3, -0.25) is 0 Å². The van der Waals surface area contributed by atoms with E-state index in [0.717, 1.165) is 17.0 Å². The van der Waals surface area contributed by atoms with Crippen molar-refractivity contribution in [1.29, 1.82) is 0 Å². The zero-order chi connectivity index (χ0) is 11.5. The molecule has 1 atom stereocenters. The minimum Gasteiger partial charge on any atom is -0.479 e. The summed E-state index contributed by atoms with van der Waals surface area (Å²) in [6.45, 7) is 1.09. The summed E-state index contributed by atoms with van der Waals surface area (Å²) < 4.78 is 14.3. The Hall–Kier alpha value is -0.900. The van der Waals surface area contributed by atoms with Gasteiger partial charge in [-0.15, -0.1) is 0 Å². The first-order valence-corrected chi connectivity index (χ1v) is 5.38. The van der Waals surface area contributed by atoms with Gasteiger partial charge in [0.1, 0.15) is 0 Å². The number of alkyl halides is 1. The van der Waals surface area contributed by atoms with Crippen molar-refractivity contribution in [2.24, 2.45) is 0 Å². The Labute approximate surface area is 96.2 Å². The molecule has 4 heteroatoms. The van der Waals surface area contributed by atoms with Crippen LogP contribution in [0.1, 0.15) is 18.9 Å². The first kappa shape index (κ1) is 12.2. The van der Waals surface area contributed by atoms with Crippen molar-refractivity contribution in [3.63, 3.8) is 0 Å². The molecule has 82 valence electrons. The smallest absolute Gasteiger partial charge is 0.341 e. The van der Waals surface area contributed by atoms with Crippen molar-refractivity contribution in [3.05, 3.63) is 34.3 Å². The summed E-state index contributed by atoms with van der Waals surface area (Å²) in [4.78, 5) is 10.5. The molecule has 1 aromatic carbocycles. The number of benzene rings is 1. The Morgan fingerprint density at radius 2 is 2.27 bits per heavy atom. The molecule has 1 aromatic rings. The first-order chi connectivity index (χ1) is 6.92. The molecule has 0 heterocycles. The van der Waals surface area contributed by atoms with Crippen LogP contribution in [0.2, 0.25) is 0 Å². The van der Waals surface area contributed by atoms with E-state index in [1.165, 1.54) is 0 Å². The number of carbonyl (C=O) groups is 1. The second kappa shape index (κ2) is 4.75. The number of rotatable bonds is 4. The van der Waals surface area contributed by atoms with Gasteiger partial charge in [0.05, 0.1) is 0 Å². The second-order valence-corrected chi connectivity index (χ2v) is 4.55. The highest BCUT2D eigenvalue weighted by Crippen LogP contribution is 2.20. The molecule has 2 nitrogen and oxygen atoms in total. The molecule has 0 aliphatic heterocycles. The molecule has 0 aliphatic carbocycles. The van der Waals surface area contributed by atoms with Crippen molar-refractivity contribution < 1.29 is 14.3 Å². The van der Waals surface area contributed by atoms with Gasteiger partial charge in [-0.1, -0.05) is 28.1 Å². The van der Waals surface area contributed by atoms with E-state index in [9.17, 15) is 9.18 Å². The van der Waals surface area contributed by atoms with Crippen LogP contribution < -0.4 is 0 Å². The standard InChI is InChI=1S/C11H12BrFO2/c1-11(13,10(14)15)6-5-8-3-2-4-9(12)7-8/h2-4,7H,5-6H2,1H3,(H,14,15). The molecule has 0 saturated carbocycles. The maximum atomic E-state index is 13.4. The highest BCUT2D eigenvalue weighted by molar-refractivity contribution is 9.10. The Kier molecular flexibility index (Phi) is 3.85. The molecule has 0 spiro atoms. The van der Waals surface area contributed by atoms with Gasteiger partial charge in [-0.2, -0.15) is 0 Å². The third-order valence-corrected chi connectivity index (χ3v) is 2.71. The fourth-order valence-electron chi connectivity index (χ4n) is 1.18. The van der Waals surface area contributed by atoms with E-state index in [0.29, 0.717) is 6.42 Å². The van der Waals surface area contributed by atoms with Crippen molar-refractivity contribution in [1.82, 2.24) is 0 Å². The van der Waals surface area contributed by atoms with Crippen molar-refractivity contribution >= 4 is 21.9 Å². The predicted molar refractivity (Wildman–Crippen MR) is 59.6 cm³/mol. The van der Waals surface area contributed by atoms with Gasteiger partial charge < -0.3 is 5.11 Å². The molecule has 0 saturated heterocycles. The number of carboxylic acid groups (broad SMARTS) is 1. The van der Waals surface area contributed by atoms with E-state index in [1.54, 1.807) is 0 Å². The van der Waals surface area contributed by atoms with Crippen molar-refractivity contribution in [2.75, 3.05) is 0 Å². The van der Waals surface area contributed by atoms with Gasteiger partial charge in [0.15, 0.2) is 0 Å². The Bertz CT molecular complexity index is 363. The summed E-state index contributed by atoms with van der Waals surface area (Å²) in [5, 5.41) is 8.59. The number of hydrogen-bond donors (Lipinski definition) is 1. The zero-order valence-corrected chi connectivity index (χ0v) is 9.92. The van der Waals surface area contributed by atoms with Crippen LogP contribution in [0.4, 0.5) is 4.39 Å². The van der Waals surface area contributed by atoms with Gasteiger partial charge in [0.25, 0.3) is 0 Å². The lowest BCUT2D eigenvalue weighted by molar-refractivity contribution is -0.150. The average Bonchev–Trinajstić information content (AvgIpc) is 2.15. The zero-order valence-electron chi connectivity index (χ0n) is 8.34. The number of hydrogen-bond acceptors (Lipinski definition) is 1. The van der Waals surface area contributed by atoms with E-state index in [-0.39, 0.29) is 6.42 Å². The van der Waals surface area contributed by atoms with Gasteiger partial charge in [-0.05, 0) is 37.5 Å². The van der Waals surface area contributed by atoms with Crippen LogP contribution >= 0.6 is 15.9 Å². The lowest BCUT2D eigenvalue weighted by atomic mass is 9.99. The van der Waals surface area contributed by atoms with E-state index in [2.05, 4.69) is 15.9 Å². The molecule has 0 aromatic heterocycles. The minimum absolute atomic E-state index is 0.0151. The summed E-state index contributed by atoms with van der Waals surface area (Å²) in [5.74, 6) is -1.41. The predicted octanol–water partition coefficient (Wildman–Crippen LogP) is 3.19. The molecular weight excluding hydrogens is 263 g/mol. The van der Waals surface area contributed by atoms with E-state index >= 15 is 0 Å². The Morgan fingerprint density at radius 3 is 2.80 bits per heavy atom. The number of aryl methyl sites for hydroxylation is 1. The van der Waals surface area contributed by atoms with Gasteiger partial charge in [0, 0.05) is 4.47 Å². The Morgan fingerprint density at radius 1 is 1.60 bits per heavy atom. The maximum absolute atomic E-state index is 13.4. The molecule has 0 amide bonds. The van der Waals surface area contributed by atoms with Gasteiger partial charge in [0.2, 0.25) is 5.67 Å². The highest BCUT2D eigenvalue weighted by Gasteiger charge is 2.31. The van der Waals surface area contributed by atoms with Crippen molar-refractivity contribution in [3.8, 4) is 0 Å². The van der Waals surface area contributed by atoms with Crippen LogP contribution in [0.15, 0.2) is 28.7 Å². The third-order valence-electron chi connectivity index (χ3n) is 2.22. The number of halogens is 2. The van der Waals surface area contributed by atoms with Crippen LogP contribution in [0.3, 0.4) is 0 Å². The van der Waals surface area contributed by atoms with Crippen LogP contribution in [0.5, 0.6) is 0 Å². The van der Waals surface area contributed by atoms with Crippen molar-refractivity contribution in [2.45, 2.75) is 25.4 Å². The van der Waals surface area contributed by atoms with Gasteiger partial charge in [-0.25, -0.2) is 9.18 Å². The Balaban J connectivity index is 2.61. The quantitative estimate of drug-likeness (QED) is 0.916. The fraction of sp³-hybridized carbons (Fsp3) is 0.364.